The number of aliphatic hydroxyl groups is 1. The molecule has 1 fully saturated rings. The SMILES string of the molecule is COc1ncnc(N2CC(O)CC2CN(C)C)c1N. The highest BCUT2D eigenvalue weighted by atomic mass is 16.5. The van der Waals surface area contributed by atoms with E-state index in [4.69, 9.17) is 10.5 Å². The van der Waals surface area contributed by atoms with Crippen molar-refractivity contribution in [3.8, 4) is 5.88 Å². The van der Waals surface area contributed by atoms with Gasteiger partial charge < -0.3 is 25.4 Å². The molecule has 106 valence electrons. The second kappa shape index (κ2) is 5.58. The molecule has 0 saturated carbocycles. The molecule has 0 spiro atoms. The van der Waals surface area contributed by atoms with Gasteiger partial charge >= 0.3 is 0 Å². The summed E-state index contributed by atoms with van der Waals surface area (Å²) in [7, 11) is 5.54. The van der Waals surface area contributed by atoms with E-state index >= 15 is 0 Å². The van der Waals surface area contributed by atoms with E-state index in [1.54, 1.807) is 0 Å². The summed E-state index contributed by atoms with van der Waals surface area (Å²) < 4.78 is 5.11. The molecule has 0 amide bonds. The van der Waals surface area contributed by atoms with Gasteiger partial charge in [0.15, 0.2) is 5.82 Å². The van der Waals surface area contributed by atoms with E-state index < -0.39 is 0 Å². The molecule has 1 aliphatic heterocycles. The summed E-state index contributed by atoms with van der Waals surface area (Å²) in [6, 6.07) is 0.187. The number of β-amino-alcohol motifs (C(OH)–C–C–N with tert-alkyl or cyclic N) is 1. The van der Waals surface area contributed by atoms with Crippen molar-refractivity contribution in [2.75, 3.05) is 44.9 Å². The standard InChI is InChI=1S/C12H21N5O2/c1-16(2)5-8-4-9(18)6-17(8)11-10(13)12(19-3)15-7-14-11/h7-9,18H,4-6,13H2,1-3H3. The van der Waals surface area contributed by atoms with Crippen molar-refractivity contribution in [3.63, 3.8) is 0 Å². The number of aromatic nitrogens is 2. The zero-order chi connectivity index (χ0) is 14.0. The monoisotopic (exact) mass is 267 g/mol. The number of rotatable bonds is 4. The lowest BCUT2D eigenvalue weighted by Gasteiger charge is -2.28. The largest absolute Gasteiger partial charge is 0.479 e. The molecule has 1 saturated heterocycles. The van der Waals surface area contributed by atoms with Gasteiger partial charge in [-0.3, -0.25) is 0 Å². The van der Waals surface area contributed by atoms with Crippen molar-refractivity contribution in [2.24, 2.45) is 0 Å². The number of nitrogen functional groups attached to an aromatic ring is 1. The van der Waals surface area contributed by atoms with E-state index in [-0.39, 0.29) is 12.1 Å². The number of likely N-dealkylation sites (N-methyl/N-ethyl adjacent to an activating group) is 1. The molecule has 2 unspecified atom stereocenters. The van der Waals surface area contributed by atoms with E-state index in [0.717, 1.165) is 6.54 Å². The number of aliphatic hydroxyl groups excluding tert-OH is 1. The van der Waals surface area contributed by atoms with Gasteiger partial charge in [-0.05, 0) is 20.5 Å². The third-order valence-corrected chi connectivity index (χ3v) is 3.26. The highest BCUT2D eigenvalue weighted by Gasteiger charge is 2.33. The minimum Gasteiger partial charge on any atom is -0.479 e. The lowest BCUT2D eigenvalue weighted by Crippen LogP contribution is -2.38. The quantitative estimate of drug-likeness (QED) is 0.765. The van der Waals surface area contributed by atoms with E-state index in [9.17, 15) is 5.11 Å². The fourth-order valence-electron chi connectivity index (χ4n) is 2.51. The van der Waals surface area contributed by atoms with Gasteiger partial charge in [0.1, 0.15) is 12.0 Å². The van der Waals surface area contributed by atoms with Crippen LogP contribution in [0.15, 0.2) is 6.33 Å². The third-order valence-electron chi connectivity index (χ3n) is 3.26. The minimum atomic E-state index is -0.356. The maximum atomic E-state index is 9.89. The molecule has 0 aliphatic carbocycles. The molecular formula is C12H21N5O2. The first-order valence-corrected chi connectivity index (χ1v) is 6.26. The Hall–Kier alpha value is -1.60. The van der Waals surface area contributed by atoms with Crippen LogP contribution < -0.4 is 15.4 Å². The van der Waals surface area contributed by atoms with Gasteiger partial charge in [0.05, 0.1) is 13.2 Å². The lowest BCUT2D eigenvalue weighted by molar-refractivity contribution is 0.191. The van der Waals surface area contributed by atoms with Crippen LogP contribution in [0, 0.1) is 0 Å². The third kappa shape index (κ3) is 2.87. The normalized spacial score (nSPS) is 23.1. The first-order chi connectivity index (χ1) is 9.02. The molecule has 0 bridgehead atoms. The van der Waals surface area contributed by atoms with Crippen LogP contribution in [0.5, 0.6) is 5.88 Å². The first kappa shape index (κ1) is 13.8. The molecule has 3 N–H and O–H groups in total. The average molecular weight is 267 g/mol. The summed E-state index contributed by atoms with van der Waals surface area (Å²) in [6.45, 7) is 1.37. The molecule has 0 aromatic carbocycles. The predicted molar refractivity (Wildman–Crippen MR) is 73.3 cm³/mol. The summed E-state index contributed by atoms with van der Waals surface area (Å²) in [4.78, 5) is 12.3. The molecule has 2 atom stereocenters. The first-order valence-electron chi connectivity index (χ1n) is 6.26. The molecular weight excluding hydrogens is 246 g/mol. The van der Waals surface area contributed by atoms with Crippen LogP contribution in [0.3, 0.4) is 0 Å². The van der Waals surface area contributed by atoms with Gasteiger partial charge in [-0.1, -0.05) is 0 Å². The number of nitrogens with zero attached hydrogens (tertiary/aromatic N) is 4. The van der Waals surface area contributed by atoms with E-state index in [2.05, 4.69) is 14.9 Å². The highest BCUT2D eigenvalue weighted by Crippen LogP contribution is 2.32. The number of hydrogen-bond donors (Lipinski definition) is 2. The van der Waals surface area contributed by atoms with Crippen molar-refractivity contribution in [2.45, 2.75) is 18.6 Å². The van der Waals surface area contributed by atoms with Crippen LogP contribution in [0.25, 0.3) is 0 Å². The average Bonchev–Trinajstić information content (AvgIpc) is 2.69. The predicted octanol–water partition coefficient (Wildman–Crippen LogP) is -0.431. The zero-order valence-corrected chi connectivity index (χ0v) is 11.6. The Kier molecular flexibility index (Phi) is 4.06. The maximum Gasteiger partial charge on any atom is 0.242 e. The Morgan fingerprint density at radius 2 is 2.26 bits per heavy atom. The highest BCUT2D eigenvalue weighted by molar-refractivity contribution is 5.68. The summed E-state index contributed by atoms with van der Waals surface area (Å²) in [5.41, 5.74) is 6.44. The summed E-state index contributed by atoms with van der Waals surface area (Å²) >= 11 is 0. The van der Waals surface area contributed by atoms with Gasteiger partial charge in [0, 0.05) is 19.1 Å². The van der Waals surface area contributed by atoms with E-state index in [1.807, 2.05) is 19.0 Å². The van der Waals surface area contributed by atoms with Crippen LogP contribution in [0.2, 0.25) is 0 Å². The van der Waals surface area contributed by atoms with Gasteiger partial charge in [-0.25, -0.2) is 4.98 Å². The van der Waals surface area contributed by atoms with Crippen LogP contribution in [-0.2, 0) is 0 Å². The van der Waals surface area contributed by atoms with Crippen LogP contribution in [0.1, 0.15) is 6.42 Å². The summed E-state index contributed by atoms with van der Waals surface area (Å²) in [6.07, 6.45) is 1.79. The Bertz CT molecular complexity index is 440. The molecule has 2 heterocycles. The summed E-state index contributed by atoms with van der Waals surface area (Å²) in [5, 5.41) is 9.89. The number of methoxy groups -OCH3 is 1. The maximum absolute atomic E-state index is 9.89. The number of ether oxygens (including phenoxy) is 1. The van der Waals surface area contributed by atoms with Crippen molar-refractivity contribution in [3.05, 3.63) is 6.33 Å². The van der Waals surface area contributed by atoms with E-state index in [0.29, 0.717) is 30.4 Å². The molecule has 1 aromatic rings. The number of hydrogen-bond acceptors (Lipinski definition) is 7. The summed E-state index contributed by atoms with van der Waals surface area (Å²) in [5.74, 6) is 1.00. The van der Waals surface area contributed by atoms with E-state index in [1.165, 1.54) is 13.4 Å². The molecule has 1 aromatic heterocycles. The van der Waals surface area contributed by atoms with Crippen molar-refractivity contribution in [1.29, 1.82) is 0 Å². The van der Waals surface area contributed by atoms with Gasteiger partial charge in [-0.2, -0.15) is 4.98 Å². The molecule has 7 nitrogen and oxygen atoms in total. The lowest BCUT2D eigenvalue weighted by atomic mass is 10.2. The van der Waals surface area contributed by atoms with Gasteiger partial charge in [-0.15, -0.1) is 0 Å². The topological polar surface area (TPSA) is 87.7 Å². The van der Waals surface area contributed by atoms with Crippen molar-refractivity contribution >= 4 is 11.5 Å². The molecule has 7 heteroatoms. The fourth-order valence-corrected chi connectivity index (χ4v) is 2.51. The fraction of sp³-hybridized carbons (Fsp3) is 0.667. The second-order valence-electron chi connectivity index (χ2n) is 5.08. The zero-order valence-electron chi connectivity index (χ0n) is 11.6. The Balaban J connectivity index is 2.28. The Morgan fingerprint density at radius 3 is 2.89 bits per heavy atom. The van der Waals surface area contributed by atoms with Gasteiger partial charge in [0.25, 0.3) is 0 Å². The van der Waals surface area contributed by atoms with Gasteiger partial charge in [0.2, 0.25) is 5.88 Å². The van der Waals surface area contributed by atoms with Crippen molar-refractivity contribution in [1.82, 2.24) is 14.9 Å². The number of anilines is 2. The van der Waals surface area contributed by atoms with Crippen LogP contribution in [0.4, 0.5) is 11.5 Å². The Morgan fingerprint density at radius 1 is 1.53 bits per heavy atom. The van der Waals surface area contributed by atoms with Crippen LogP contribution in [-0.4, -0.2) is 66.4 Å². The number of nitrogens with two attached hydrogens (primary N) is 1. The molecule has 2 rings (SSSR count). The molecule has 19 heavy (non-hydrogen) atoms. The Labute approximate surface area is 113 Å². The molecule has 0 radical (unpaired) electrons. The van der Waals surface area contributed by atoms with Crippen molar-refractivity contribution < 1.29 is 9.84 Å². The second-order valence-corrected chi connectivity index (χ2v) is 5.08. The van der Waals surface area contributed by atoms with Crippen LogP contribution >= 0.6 is 0 Å². The smallest absolute Gasteiger partial charge is 0.242 e. The minimum absolute atomic E-state index is 0.187. The molecule has 1 aliphatic rings.